The molecule has 2 heterocycles. The molecule has 0 aliphatic rings. The fourth-order valence-corrected chi connectivity index (χ4v) is 2.35. The minimum Gasteiger partial charge on any atom is -0.472 e. The normalized spacial score (nSPS) is 11.3. The van der Waals surface area contributed by atoms with Crippen LogP contribution >= 0.6 is 11.3 Å². The summed E-state index contributed by atoms with van der Waals surface area (Å²) < 4.78 is 6.85. The second-order valence-electron chi connectivity index (χ2n) is 4.36. The quantitative estimate of drug-likeness (QED) is 0.478. The molecular weight excluding hydrogens is 268 g/mol. The van der Waals surface area contributed by atoms with Crippen LogP contribution in [0.1, 0.15) is 20.3 Å². The van der Waals surface area contributed by atoms with Gasteiger partial charge in [0, 0.05) is 11.4 Å². The highest BCUT2D eigenvalue weighted by Gasteiger charge is 2.24. The molecule has 104 valence electrons. The van der Waals surface area contributed by atoms with E-state index in [1.807, 2.05) is 0 Å². The highest BCUT2D eigenvalue weighted by atomic mass is 32.1. The molecule has 0 aromatic carbocycles. The number of thiazole rings is 1. The Bertz CT molecular complexity index is 563. The highest BCUT2D eigenvalue weighted by Crippen LogP contribution is 2.29. The second kappa shape index (κ2) is 5.98. The smallest absolute Gasteiger partial charge is 0.393 e. The van der Waals surface area contributed by atoms with Gasteiger partial charge in [0.15, 0.2) is 0 Å². The average molecular weight is 284 g/mol. The monoisotopic (exact) mass is 284 g/mol. The maximum absolute atomic E-state index is 11.0. The molecule has 0 fully saturated rings. The fraction of sp³-hybridized carbons (Fsp3) is 0.545. The number of nitrogens with one attached hydrogen (secondary N) is 1. The molecule has 0 amide bonds. The van der Waals surface area contributed by atoms with E-state index in [9.17, 15) is 10.1 Å². The van der Waals surface area contributed by atoms with Crippen molar-refractivity contribution in [2.24, 2.45) is 0 Å². The van der Waals surface area contributed by atoms with Crippen molar-refractivity contribution in [2.45, 2.75) is 26.3 Å². The van der Waals surface area contributed by atoms with Crippen molar-refractivity contribution in [3.8, 4) is 5.88 Å². The molecule has 0 radical (unpaired) electrons. The van der Waals surface area contributed by atoms with Gasteiger partial charge >= 0.3 is 11.7 Å². The van der Waals surface area contributed by atoms with E-state index in [2.05, 4.69) is 24.1 Å². The number of fused-ring (bicyclic) bond motifs is 1. The fourth-order valence-electron chi connectivity index (χ4n) is 1.65. The van der Waals surface area contributed by atoms with Gasteiger partial charge in [-0.2, -0.15) is 9.38 Å². The summed E-state index contributed by atoms with van der Waals surface area (Å²) in [5.41, 5.74) is 0. The molecule has 2 rings (SSSR count). The van der Waals surface area contributed by atoms with Gasteiger partial charge in [-0.05, 0) is 17.9 Å². The molecule has 0 aliphatic heterocycles. The van der Waals surface area contributed by atoms with Gasteiger partial charge in [0.1, 0.15) is 6.20 Å². The van der Waals surface area contributed by atoms with Crippen LogP contribution in [0.2, 0.25) is 0 Å². The number of ether oxygens (including phenoxy) is 1. The van der Waals surface area contributed by atoms with Crippen molar-refractivity contribution >= 4 is 22.1 Å². The summed E-state index contributed by atoms with van der Waals surface area (Å²) in [6, 6.07) is 0.423. The molecule has 0 spiro atoms. The van der Waals surface area contributed by atoms with Crippen molar-refractivity contribution in [1.29, 1.82) is 0 Å². The van der Waals surface area contributed by atoms with Crippen molar-refractivity contribution in [3.05, 3.63) is 21.7 Å². The molecule has 1 N–H and O–H groups in total. The van der Waals surface area contributed by atoms with Crippen LogP contribution in [0.15, 0.2) is 11.6 Å². The van der Waals surface area contributed by atoms with Gasteiger partial charge in [0.25, 0.3) is 4.96 Å². The Balaban J connectivity index is 1.98. The molecule has 0 saturated carbocycles. The van der Waals surface area contributed by atoms with Crippen molar-refractivity contribution in [1.82, 2.24) is 14.7 Å². The molecule has 19 heavy (non-hydrogen) atoms. The van der Waals surface area contributed by atoms with Crippen LogP contribution < -0.4 is 10.1 Å². The van der Waals surface area contributed by atoms with Gasteiger partial charge in [0.05, 0.1) is 6.61 Å². The summed E-state index contributed by atoms with van der Waals surface area (Å²) in [6.07, 6.45) is 2.40. The van der Waals surface area contributed by atoms with Crippen LogP contribution in [0.4, 0.5) is 5.82 Å². The summed E-state index contributed by atoms with van der Waals surface area (Å²) >= 11 is 1.34. The van der Waals surface area contributed by atoms with Crippen molar-refractivity contribution in [3.63, 3.8) is 0 Å². The lowest BCUT2D eigenvalue weighted by atomic mass is 10.3. The minimum absolute atomic E-state index is 0.0985. The number of rotatable bonds is 7. The lowest BCUT2D eigenvalue weighted by molar-refractivity contribution is -0.391. The predicted molar refractivity (Wildman–Crippen MR) is 73.0 cm³/mol. The minimum atomic E-state index is -0.464. The Labute approximate surface area is 114 Å². The molecule has 0 aliphatic carbocycles. The van der Waals surface area contributed by atoms with E-state index < -0.39 is 4.92 Å². The molecule has 0 unspecified atom stereocenters. The summed E-state index contributed by atoms with van der Waals surface area (Å²) in [6.45, 7) is 5.35. The van der Waals surface area contributed by atoms with E-state index in [-0.39, 0.29) is 11.7 Å². The zero-order chi connectivity index (χ0) is 13.8. The maximum Gasteiger partial charge on any atom is 0.393 e. The van der Waals surface area contributed by atoms with E-state index in [0.717, 1.165) is 13.0 Å². The third-order valence-corrected chi connectivity index (χ3v) is 3.25. The lowest BCUT2D eigenvalue weighted by Crippen LogP contribution is -2.24. The molecule has 7 nitrogen and oxygen atoms in total. The lowest BCUT2D eigenvalue weighted by Gasteiger charge is -2.07. The Hall–Kier alpha value is -1.67. The summed E-state index contributed by atoms with van der Waals surface area (Å²) in [5, 5.41) is 16.0. The van der Waals surface area contributed by atoms with Gasteiger partial charge in [-0.15, -0.1) is 0 Å². The predicted octanol–water partition coefficient (Wildman–Crippen LogP) is 2.07. The van der Waals surface area contributed by atoms with Crippen molar-refractivity contribution < 1.29 is 9.66 Å². The third-order valence-electron chi connectivity index (χ3n) is 2.49. The number of nitro groups is 1. The first-order chi connectivity index (χ1) is 9.09. The number of aromatic nitrogens is 2. The van der Waals surface area contributed by atoms with Gasteiger partial charge in [0.2, 0.25) is 0 Å². The molecule has 2 aromatic rings. The first kappa shape index (κ1) is 13.8. The van der Waals surface area contributed by atoms with Crippen LogP contribution in [0.5, 0.6) is 5.88 Å². The van der Waals surface area contributed by atoms with Crippen LogP contribution in [0, 0.1) is 10.1 Å². The van der Waals surface area contributed by atoms with E-state index in [4.69, 9.17) is 4.74 Å². The Kier molecular flexibility index (Phi) is 4.33. The molecule has 0 bridgehead atoms. The molecule has 2 aromatic heterocycles. The van der Waals surface area contributed by atoms with Crippen LogP contribution in [0.25, 0.3) is 4.96 Å². The number of hydrogen-bond donors (Lipinski definition) is 1. The summed E-state index contributed by atoms with van der Waals surface area (Å²) in [7, 11) is 0. The first-order valence-corrected chi connectivity index (χ1v) is 6.93. The van der Waals surface area contributed by atoms with Gasteiger partial charge in [-0.25, -0.2) is 0 Å². The van der Waals surface area contributed by atoms with Crippen molar-refractivity contribution in [2.75, 3.05) is 13.2 Å². The van der Waals surface area contributed by atoms with E-state index in [1.165, 1.54) is 15.7 Å². The molecular formula is C11H16N4O3S. The zero-order valence-electron chi connectivity index (χ0n) is 10.8. The Morgan fingerprint density at radius 1 is 1.63 bits per heavy atom. The second-order valence-corrected chi connectivity index (χ2v) is 5.24. The Morgan fingerprint density at radius 3 is 3.11 bits per heavy atom. The molecule has 0 atom stereocenters. The van der Waals surface area contributed by atoms with E-state index in [1.54, 1.807) is 11.6 Å². The zero-order valence-corrected chi connectivity index (χ0v) is 11.6. The van der Waals surface area contributed by atoms with E-state index in [0.29, 0.717) is 17.6 Å². The molecule has 8 heteroatoms. The highest BCUT2D eigenvalue weighted by molar-refractivity contribution is 7.15. The number of hydrogen-bond acceptors (Lipinski definition) is 6. The van der Waals surface area contributed by atoms with Gasteiger partial charge in [-0.3, -0.25) is 0 Å². The number of imidazole rings is 1. The summed E-state index contributed by atoms with van der Waals surface area (Å²) in [4.78, 5) is 15.3. The average Bonchev–Trinajstić information content (AvgIpc) is 2.86. The Morgan fingerprint density at radius 2 is 2.42 bits per heavy atom. The summed E-state index contributed by atoms with van der Waals surface area (Å²) in [5.74, 6) is -0.00512. The standard InChI is InChI=1S/C11H16N4O3S/c1-8(2)12-4-3-6-18-9-10(15(16)17)14-5-7-19-11(14)13-9/h5,7-8,12H,3-4,6H2,1-2H3. The topological polar surface area (TPSA) is 81.7 Å². The van der Waals surface area contributed by atoms with Crippen LogP contribution in [0.3, 0.4) is 0 Å². The van der Waals surface area contributed by atoms with Crippen LogP contribution in [-0.4, -0.2) is 33.5 Å². The van der Waals surface area contributed by atoms with Gasteiger partial charge in [-0.1, -0.05) is 25.2 Å². The van der Waals surface area contributed by atoms with Gasteiger partial charge < -0.3 is 20.2 Å². The first-order valence-electron chi connectivity index (χ1n) is 6.05. The maximum atomic E-state index is 11.0. The van der Waals surface area contributed by atoms with Crippen LogP contribution in [-0.2, 0) is 0 Å². The number of nitrogens with zero attached hydrogens (tertiary/aromatic N) is 3. The van der Waals surface area contributed by atoms with E-state index >= 15 is 0 Å². The SMILES string of the molecule is CC(C)NCCCOc1nc2sccn2c1[N+](=O)[O-]. The molecule has 0 saturated heterocycles. The largest absolute Gasteiger partial charge is 0.472 e. The third kappa shape index (κ3) is 3.21.